The molecule has 0 aliphatic carbocycles. The lowest BCUT2D eigenvalue weighted by atomic mass is 10.1. The van der Waals surface area contributed by atoms with Crippen molar-refractivity contribution in [2.45, 2.75) is 6.10 Å². The number of rotatable bonds is 8. The molecule has 1 aliphatic heterocycles. The molecule has 1 unspecified atom stereocenters. The molecule has 1 aliphatic rings. The van der Waals surface area contributed by atoms with Crippen LogP contribution in [-0.4, -0.2) is 61.6 Å². The predicted octanol–water partition coefficient (Wildman–Crippen LogP) is 0.596. The van der Waals surface area contributed by atoms with Crippen molar-refractivity contribution in [2.24, 2.45) is 0 Å². The zero-order valence-corrected chi connectivity index (χ0v) is 16.1. The first-order chi connectivity index (χ1) is 14.6. The van der Waals surface area contributed by atoms with Gasteiger partial charge in [0.25, 0.3) is 5.91 Å². The number of anilines is 1. The number of aromatic nitrogens is 2. The maximum atomic E-state index is 12.7. The van der Waals surface area contributed by atoms with Crippen LogP contribution in [-0.2, 0) is 9.57 Å². The summed E-state index contributed by atoms with van der Waals surface area (Å²) in [5.74, 6) is -0.956. The van der Waals surface area contributed by atoms with Gasteiger partial charge >= 0.3 is 0 Å². The number of carbonyl (C=O) groups excluding carboxylic acids is 1. The van der Waals surface area contributed by atoms with E-state index in [-0.39, 0.29) is 42.4 Å². The van der Waals surface area contributed by atoms with E-state index in [9.17, 15) is 9.18 Å². The van der Waals surface area contributed by atoms with Gasteiger partial charge < -0.3 is 20.5 Å². The topological polar surface area (TPSA) is 144 Å². The number of ether oxygens (including phenoxy) is 2. The summed E-state index contributed by atoms with van der Waals surface area (Å²) in [5.41, 5.74) is 8.95. The average molecular weight is 416 g/mol. The number of hydrogen-bond acceptors (Lipinski definition) is 9. The van der Waals surface area contributed by atoms with Crippen LogP contribution in [0, 0.1) is 11.3 Å². The molecule has 10 nitrogen and oxygen atoms in total. The van der Waals surface area contributed by atoms with Crippen molar-refractivity contribution in [1.29, 1.82) is 5.26 Å². The van der Waals surface area contributed by atoms with Gasteiger partial charge in [0.2, 0.25) is 5.88 Å². The van der Waals surface area contributed by atoms with Gasteiger partial charge in [-0.1, -0.05) is 12.1 Å². The Morgan fingerprint density at radius 3 is 3.07 bits per heavy atom. The van der Waals surface area contributed by atoms with Crippen LogP contribution < -0.4 is 21.3 Å². The van der Waals surface area contributed by atoms with Gasteiger partial charge in [0.05, 0.1) is 24.3 Å². The normalized spacial score (nSPS) is 15.9. The molecule has 1 saturated heterocycles. The predicted molar refractivity (Wildman–Crippen MR) is 104 cm³/mol. The van der Waals surface area contributed by atoms with E-state index in [1.54, 1.807) is 24.3 Å². The van der Waals surface area contributed by atoms with E-state index in [1.807, 2.05) is 6.07 Å². The Labute approximate surface area is 172 Å². The molecule has 2 heterocycles. The number of hydroxylamine groups is 1. The number of hydrogen-bond donors (Lipinski definition) is 3. The van der Waals surface area contributed by atoms with Crippen molar-refractivity contribution in [3.05, 3.63) is 35.4 Å². The third-order valence-electron chi connectivity index (χ3n) is 4.14. The van der Waals surface area contributed by atoms with Gasteiger partial charge in [-0.05, 0) is 12.1 Å². The van der Waals surface area contributed by atoms with E-state index < -0.39 is 12.6 Å². The average Bonchev–Trinajstić information content (AvgIpc) is 2.78. The number of morpholine rings is 1. The van der Waals surface area contributed by atoms with Crippen molar-refractivity contribution in [1.82, 2.24) is 20.8 Å². The van der Waals surface area contributed by atoms with Crippen molar-refractivity contribution < 1.29 is 23.5 Å². The number of nitrogens with zero attached hydrogens (tertiary/aromatic N) is 3. The summed E-state index contributed by atoms with van der Waals surface area (Å²) < 4.78 is 23.4. The Morgan fingerprint density at radius 1 is 1.47 bits per heavy atom. The first kappa shape index (κ1) is 21.4. The Balaban J connectivity index is 1.79. The van der Waals surface area contributed by atoms with Gasteiger partial charge in [0, 0.05) is 18.7 Å². The Morgan fingerprint density at radius 2 is 2.33 bits per heavy atom. The van der Waals surface area contributed by atoms with Crippen LogP contribution >= 0.6 is 0 Å². The van der Waals surface area contributed by atoms with Crippen LogP contribution in [0.2, 0.25) is 0 Å². The lowest BCUT2D eigenvalue weighted by Gasteiger charge is -2.23. The standard InChI is InChI=1S/C19H21FN6O4/c20-4-6-29-19-15(18(27)26-30-11-14-10-23-5-7-28-14)16(22)24-17(25-19)13-3-1-2-12(8-13)9-21/h1-3,8,14,23H,4-7,10-11H2,(H,26,27)(H2,22,24,25). The molecule has 1 fully saturated rings. The SMILES string of the molecule is N#Cc1cccc(-c2nc(N)c(C(=O)NOCC3CNCCO3)c(OCCF)n2)c1. The van der Waals surface area contributed by atoms with E-state index in [2.05, 4.69) is 20.8 Å². The fourth-order valence-corrected chi connectivity index (χ4v) is 2.74. The van der Waals surface area contributed by atoms with Crippen LogP contribution in [0.3, 0.4) is 0 Å². The van der Waals surface area contributed by atoms with Crippen LogP contribution in [0.1, 0.15) is 15.9 Å². The highest BCUT2D eigenvalue weighted by molar-refractivity contribution is 6.00. The number of benzene rings is 1. The summed E-state index contributed by atoms with van der Waals surface area (Å²) in [6.45, 7) is 0.930. The molecule has 1 atom stereocenters. The number of alkyl halides is 1. The third-order valence-corrected chi connectivity index (χ3v) is 4.14. The zero-order valence-electron chi connectivity index (χ0n) is 16.1. The third kappa shape index (κ3) is 5.38. The number of nitrogens with one attached hydrogen (secondary N) is 2. The van der Waals surface area contributed by atoms with Gasteiger partial charge in [0.15, 0.2) is 5.82 Å². The second-order valence-corrected chi connectivity index (χ2v) is 6.28. The minimum Gasteiger partial charge on any atom is -0.474 e. The molecule has 30 heavy (non-hydrogen) atoms. The summed E-state index contributed by atoms with van der Waals surface area (Å²) in [7, 11) is 0. The molecular weight excluding hydrogens is 395 g/mol. The van der Waals surface area contributed by atoms with Gasteiger partial charge in [-0.25, -0.2) is 14.9 Å². The molecule has 4 N–H and O–H groups in total. The summed E-state index contributed by atoms with van der Waals surface area (Å²) in [5, 5.41) is 12.2. The van der Waals surface area contributed by atoms with Crippen molar-refractivity contribution >= 4 is 11.7 Å². The van der Waals surface area contributed by atoms with Crippen molar-refractivity contribution in [3.8, 4) is 23.3 Å². The number of carbonyl (C=O) groups is 1. The fraction of sp³-hybridized carbons (Fsp3) is 0.368. The highest BCUT2D eigenvalue weighted by Gasteiger charge is 2.23. The van der Waals surface area contributed by atoms with Crippen LogP contribution in [0.15, 0.2) is 24.3 Å². The lowest BCUT2D eigenvalue weighted by molar-refractivity contribution is -0.0549. The van der Waals surface area contributed by atoms with Gasteiger partial charge in [-0.2, -0.15) is 10.2 Å². The first-order valence-electron chi connectivity index (χ1n) is 9.23. The largest absolute Gasteiger partial charge is 0.474 e. The molecule has 2 aromatic rings. The van der Waals surface area contributed by atoms with Crippen LogP contribution in [0.5, 0.6) is 5.88 Å². The van der Waals surface area contributed by atoms with Gasteiger partial charge in [-0.3, -0.25) is 9.63 Å². The molecule has 11 heteroatoms. The maximum Gasteiger partial charge on any atom is 0.284 e. The van der Waals surface area contributed by atoms with Crippen LogP contribution in [0.25, 0.3) is 11.4 Å². The Kier molecular flexibility index (Phi) is 7.45. The van der Waals surface area contributed by atoms with E-state index in [0.717, 1.165) is 6.54 Å². The van der Waals surface area contributed by atoms with Crippen molar-refractivity contribution in [3.63, 3.8) is 0 Å². The number of halogens is 1. The van der Waals surface area contributed by atoms with E-state index in [0.29, 0.717) is 24.3 Å². The monoisotopic (exact) mass is 416 g/mol. The second kappa shape index (κ2) is 10.4. The van der Waals surface area contributed by atoms with Gasteiger partial charge in [-0.15, -0.1) is 0 Å². The molecule has 0 saturated carbocycles. The minimum atomic E-state index is -0.785. The lowest BCUT2D eigenvalue weighted by Crippen LogP contribution is -2.42. The molecule has 0 radical (unpaired) electrons. The number of nitrogen functional groups attached to an aromatic ring is 1. The van der Waals surface area contributed by atoms with Crippen molar-refractivity contribution in [2.75, 3.05) is 45.3 Å². The highest BCUT2D eigenvalue weighted by atomic mass is 19.1. The van der Waals surface area contributed by atoms with E-state index in [1.165, 1.54) is 0 Å². The molecule has 3 rings (SSSR count). The molecule has 1 aromatic heterocycles. The quantitative estimate of drug-likeness (QED) is 0.527. The summed E-state index contributed by atoms with van der Waals surface area (Å²) in [4.78, 5) is 26.1. The molecule has 0 bridgehead atoms. The van der Waals surface area contributed by atoms with Gasteiger partial charge in [0.1, 0.15) is 31.3 Å². The maximum absolute atomic E-state index is 12.7. The summed E-state index contributed by atoms with van der Waals surface area (Å²) in [6.07, 6.45) is -0.204. The number of amides is 1. The molecule has 1 aromatic carbocycles. The van der Waals surface area contributed by atoms with E-state index >= 15 is 0 Å². The summed E-state index contributed by atoms with van der Waals surface area (Å²) in [6, 6.07) is 8.54. The first-order valence-corrected chi connectivity index (χ1v) is 9.23. The van der Waals surface area contributed by atoms with E-state index in [4.69, 9.17) is 25.3 Å². The Hall–Kier alpha value is -3.33. The highest BCUT2D eigenvalue weighted by Crippen LogP contribution is 2.26. The molecule has 0 spiro atoms. The fourth-order valence-electron chi connectivity index (χ4n) is 2.74. The summed E-state index contributed by atoms with van der Waals surface area (Å²) >= 11 is 0. The minimum absolute atomic E-state index is 0.124. The molecule has 158 valence electrons. The molecule has 1 amide bonds. The number of nitrogens with two attached hydrogens (primary N) is 1. The smallest absolute Gasteiger partial charge is 0.284 e. The zero-order chi connectivity index (χ0) is 21.3. The number of nitriles is 1. The Bertz CT molecular complexity index is 930. The molecular formula is C19H21FN6O4. The van der Waals surface area contributed by atoms with Crippen LogP contribution in [0.4, 0.5) is 10.2 Å². The second-order valence-electron chi connectivity index (χ2n) is 6.28.